The predicted octanol–water partition coefficient (Wildman–Crippen LogP) is 7.99. The first-order valence-corrected chi connectivity index (χ1v) is 9.73. The van der Waals surface area contributed by atoms with Gasteiger partial charge in [0.25, 0.3) is 0 Å². The molecule has 0 saturated heterocycles. The zero-order chi connectivity index (χ0) is 15.4. The van der Waals surface area contributed by atoms with Crippen LogP contribution < -0.4 is 0 Å². The number of unbranched alkanes of at least 4 members (excludes halogenated alkanes) is 13. The molecule has 0 aromatic carbocycles. The molecule has 0 rings (SSSR count). The van der Waals surface area contributed by atoms with Crippen molar-refractivity contribution in [2.45, 2.75) is 110 Å². The third-order valence-electron chi connectivity index (χ3n) is 4.08. The Morgan fingerprint density at radius 1 is 0.429 bits per heavy atom. The van der Waals surface area contributed by atoms with Gasteiger partial charge in [-0.3, -0.25) is 0 Å². The monoisotopic (exact) mass is 292 g/mol. The molecule has 0 aliphatic carbocycles. The van der Waals surface area contributed by atoms with Crippen LogP contribution in [0.15, 0.2) is 24.3 Å². The van der Waals surface area contributed by atoms with Crippen molar-refractivity contribution in [3.63, 3.8) is 0 Å². The minimum Gasteiger partial charge on any atom is -0.0845 e. The molecule has 0 aliphatic heterocycles. The summed E-state index contributed by atoms with van der Waals surface area (Å²) >= 11 is 0. The van der Waals surface area contributed by atoms with Crippen molar-refractivity contribution in [1.29, 1.82) is 0 Å². The highest BCUT2D eigenvalue weighted by molar-refractivity contribution is 5.02. The summed E-state index contributed by atoms with van der Waals surface area (Å²) in [5.41, 5.74) is 0. The lowest BCUT2D eigenvalue weighted by molar-refractivity contribution is 0.592. The fourth-order valence-electron chi connectivity index (χ4n) is 2.61. The highest BCUT2D eigenvalue weighted by Crippen LogP contribution is 2.09. The second kappa shape index (κ2) is 19.5. The van der Waals surface area contributed by atoms with E-state index in [1.807, 2.05) is 0 Å². The summed E-state index contributed by atoms with van der Waals surface area (Å²) in [6.07, 6.45) is 29.9. The molecule has 0 heterocycles. The Labute approximate surface area is 135 Å². The fraction of sp³-hybridized carbons (Fsp3) is 0.810. The van der Waals surface area contributed by atoms with Gasteiger partial charge in [-0.05, 0) is 25.7 Å². The third kappa shape index (κ3) is 19.5. The molecule has 0 aromatic rings. The van der Waals surface area contributed by atoms with Crippen LogP contribution in [-0.4, -0.2) is 0 Å². The summed E-state index contributed by atoms with van der Waals surface area (Å²) in [5, 5.41) is 0. The summed E-state index contributed by atoms with van der Waals surface area (Å²) < 4.78 is 0. The van der Waals surface area contributed by atoms with Gasteiger partial charge in [0.2, 0.25) is 0 Å². The molecule has 0 atom stereocenters. The molecule has 0 aliphatic rings. The Balaban J connectivity index is 3.15. The topological polar surface area (TPSA) is 0 Å². The molecular weight excluding hydrogens is 252 g/mol. The Hall–Kier alpha value is -0.520. The summed E-state index contributed by atoms with van der Waals surface area (Å²) in [5.74, 6) is 0. The molecule has 0 radical (unpaired) electrons. The van der Waals surface area contributed by atoms with E-state index in [0.717, 1.165) is 0 Å². The third-order valence-corrected chi connectivity index (χ3v) is 4.08. The maximum absolute atomic E-state index is 2.34. The van der Waals surface area contributed by atoms with Gasteiger partial charge in [-0.25, -0.2) is 0 Å². The minimum absolute atomic E-state index is 1.26. The van der Waals surface area contributed by atoms with Gasteiger partial charge in [0.15, 0.2) is 0 Å². The van der Waals surface area contributed by atoms with E-state index >= 15 is 0 Å². The van der Waals surface area contributed by atoms with E-state index in [4.69, 9.17) is 0 Å². The van der Waals surface area contributed by atoms with Gasteiger partial charge in [-0.15, -0.1) is 0 Å². The van der Waals surface area contributed by atoms with E-state index in [1.54, 1.807) is 0 Å². The zero-order valence-electron chi connectivity index (χ0n) is 14.9. The van der Waals surface area contributed by atoms with Crippen LogP contribution in [0.2, 0.25) is 0 Å². The standard InChI is InChI=1S/C21H40/c1-3-5-7-9-11-13-15-17-19-21-20-18-16-14-12-10-8-6-4-2/h17,19-21H,3-16,18H2,1-2H3/b19-17+,21-20?. The van der Waals surface area contributed by atoms with Crippen LogP contribution in [0.4, 0.5) is 0 Å². The van der Waals surface area contributed by atoms with Gasteiger partial charge in [0.1, 0.15) is 0 Å². The maximum Gasteiger partial charge on any atom is -0.0348 e. The lowest BCUT2D eigenvalue weighted by Crippen LogP contribution is -1.78. The molecule has 0 saturated carbocycles. The summed E-state index contributed by atoms with van der Waals surface area (Å²) in [6.45, 7) is 4.56. The molecule has 0 unspecified atom stereocenters. The number of hydrogen-bond donors (Lipinski definition) is 0. The molecule has 0 amide bonds. The second-order valence-electron chi connectivity index (χ2n) is 6.32. The first kappa shape index (κ1) is 20.5. The summed E-state index contributed by atoms with van der Waals surface area (Å²) in [4.78, 5) is 0. The molecule has 0 N–H and O–H groups in total. The Kier molecular flexibility index (Phi) is 19.0. The predicted molar refractivity (Wildman–Crippen MR) is 98.9 cm³/mol. The van der Waals surface area contributed by atoms with Crippen LogP contribution >= 0.6 is 0 Å². The first-order valence-electron chi connectivity index (χ1n) is 9.73. The number of rotatable bonds is 16. The van der Waals surface area contributed by atoms with Crippen molar-refractivity contribution >= 4 is 0 Å². The van der Waals surface area contributed by atoms with Crippen LogP contribution in [0.3, 0.4) is 0 Å². The average Bonchev–Trinajstić information content (AvgIpc) is 2.50. The van der Waals surface area contributed by atoms with Crippen LogP contribution in [-0.2, 0) is 0 Å². The molecule has 0 bridgehead atoms. The number of allylic oxidation sites excluding steroid dienone is 4. The number of hydrogen-bond acceptors (Lipinski definition) is 0. The van der Waals surface area contributed by atoms with Crippen LogP contribution in [0.5, 0.6) is 0 Å². The van der Waals surface area contributed by atoms with Crippen LogP contribution in [0, 0.1) is 0 Å². The average molecular weight is 293 g/mol. The molecule has 0 spiro atoms. The molecular formula is C21H40. The molecule has 0 nitrogen and oxygen atoms in total. The van der Waals surface area contributed by atoms with Crippen LogP contribution in [0.1, 0.15) is 110 Å². The Bertz CT molecular complexity index is 224. The molecule has 124 valence electrons. The lowest BCUT2D eigenvalue weighted by Gasteiger charge is -1.98. The zero-order valence-corrected chi connectivity index (χ0v) is 14.9. The van der Waals surface area contributed by atoms with Gasteiger partial charge in [-0.1, -0.05) is 109 Å². The van der Waals surface area contributed by atoms with Gasteiger partial charge in [0, 0.05) is 0 Å². The Morgan fingerprint density at radius 2 is 0.762 bits per heavy atom. The van der Waals surface area contributed by atoms with Gasteiger partial charge >= 0.3 is 0 Å². The normalized spacial score (nSPS) is 11.9. The van der Waals surface area contributed by atoms with Crippen LogP contribution in [0.25, 0.3) is 0 Å². The summed E-state index contributed by atoms with van der Waals surface area (Å²) in [7, 11) is 0. The van der Waals surface area contributed by atoms with Crippen molar-refractivity contribution in [2.24, 2.45) is 0 Å². The first-order chi connectivity index (χ1) is 10.4. The molecule has 21 heavy (non-hydrogen) atoms. The quantitative estimate of drug-likeness (QED) is 0.200. The lowest BCUT2D eigenvalue weighted by atomic mass is 10.1. The van der Waals surface area contributed by atoms with Crippen molar-refractivity contribution in [1.82, 2.24) is 0 Å². The van der Waals surface area contributed by atoms with E-state index < -0.39 is 0 Å². The van der Waals surface area contributed by atoms with Crippen molar-refractivity contribution < 1.29 is 0 Å². The van der Waals surface area contributed by atoms with E-state index in [0.29, 0.717) is 0 Å². The van der Waals surface area contributed by atoms with E-state index in [2.05, 4.69) is 38.2 Å². The molecule has 0 fully saturated rings. The SMILES string of the molecule is CCCCCCCC/C=C/C=CCCCCCCCCC. The molecule has 0 heteroatoms. The second-order valence-corrected chi connectivity index (χ2v) is 6.32. The Morgan fingerprint density at radius 3 is 1.14 bits per heavy atom. The summed E-state index contributed by atoms with van der Waals surface area (Å²) in [6, 6.07) is 0. The van der Waals surface area contributed by atoms with Gasteiger partial charge < -0.3 is 0 Å². The maximum atomic E-state index is 2.34. The minimum atomic E-state index is 1.26. The highest BCUT2D eigenvalue weighted by Gasteiger charge is 1.89. The van der Waals surface area contributed by atoms with E-state index in [1.165, 1.54) is 96.3 Å². The smallest absolute Gasteiger partial charge is 0.0348 e. The van der Waals surface area contributed by atoms with Gasteiger partial charge in [0.05, 0.1) is 0 Å². The van der Waals surface area contributed by atoms with E-state index in [9.17, 15) is 0 Å². The van der Waals surface area contributed by atoms with Crippen molar-refractivity contribution in [3.8, 4) is 0 Å². The molecule has 0 aromatic heterocycles. The highest BCUT2D eigenvalue weighted by atomic mass is 14.0. The van der Waals surface area contributed by atoms with Crippen molar-refractivity contribution in [3.05, 3.63) is 24.3 Å². The fourth-order valence-corrected chi connectivity index (χ4v) is 2.61. The largest absolute Gasteiger partial charge is 0.0845 e. The van der Waals surface area contributed by atoms with Crippen molar-refractivity contribution in [2.75, 3.05) is 0 Å². The van der Waals surface area contributed by atoms with E-state index in [-0.39, 0.29) is 0 Å². The van der Waals surface area contributed by atoms with Gasteiger partial charge in [-0.2, -0.15) is 0 Å².